The number of alkyl halides is 4. The van der Waals surface area contributed by atoms with Crippen LogP contribution in [-0.4, -0.2) is 107 Å². The van der Waals surface area contributed by atoms with Crippen molar-refractivity contribution in [2.24, 2.45) is 0 Å². The molecule has 0 spiro atoms. The lowest BCUT2D eigenvalue weighted by atomic mass is 9.89. The summed E-state index contributed by atoms with van der Waals surface area (Å²) in [6.07, 6.45) is -1.89. The van der Waals surface area contributed by atoms with E-state index in [1.165, 1.54) is 13.0 Å². The van der Waals surface area contributed by atoms with E-state index in [1.54, 1.807) is 38.5 Å². The number of rotatable bonds is 11. The Kier molecular flexibility index (Phi) is 12.9. The van der Waals surface area contributed by atoms with Crippen LogP contribution < -0.4 is 24.0 Å². The van der Waals surface area contributed by atoms with Crippen LogP contribution in [0.2, 0.25) is 5.02 Å². The first-order chi connectivity index (χ1) is 33.8. The number of benzene rings is 3. The zero-order valence-electron chi connectivity index (χ0n) is 40.8. The number of ether oxygens (including phenoxy) is 4. The van der Waals surface area contributed by atoms with Gasteiger partial charge in [-0.1, -0.05) is 35.9 Å². The summed E-state index contributed by atoms with van der Waals surface area (Å²) in [5.74, 6) is 0.652. The molecule has 0 N–H and O–H groups in total. The first kappa shape index (κ1) is 48.9. The number of piperazine rings is 1. The van der Waals surface area contributed by atoms with E-state index in [1.807, 2.05) is 54.8 Å². The van der Waals surface area contributed by atoms with Crippen molar-refractivity contribution in [3.63, 3.8) is 0 Å². The maximum Gasteiger partial charge on any atom is 0.418 e. The standard InChI is InChI=1S/C53H59ClF5N7O5/c1-30-23-40(63(25-31-11-16-35(68-5)17-12-31)26-32-13-18-36(69-6)19-14-32)60-46(43(30)53(57,58)59)42-44(54)37-9-7-10-38-39-20-15-34(66(39)50(67)71-51(2,3)4)28-65(38)48-41(37)47(45(42)56)61-49(62-48)70-29-52-21-8-22-64(52)27-33(55)24-52/h11-14,16-19,23,33-34,38-39H,7-10,15,20-22,24-29H2,1-6H3/t33-,34-,38-,39+,52+/m1/s1. The first-order valence-corrected chi connectivity index (χ1v) is 24.8. The second kappa shape index (κ2) is 18.7. The summed E-state index contributed by atoms with van der Waals surface area (Å²) in [6, 6.07) is 15.1. The molecule has 10 rings (SSSR count). The predicted octanol–water partition coefficient (Wildman–Crippen LogP) is 11.3. The Morgan fingerprint density at radius 1 is 0.901 bits per heavy atom. The van der Waals surface area contributed by atoms with Gasteiger partial charge in [0.15, 0.2) is 5.82 Å². The number of methoxy groups -OCH3 is 2. The predicted molar refractivity (Wildman–Crippen MR) is 261 cm³/mol. The van der Waals surface area contributed by atoms with Crippen molar-refractivity contribution in [3.8, 4) is 28.8 Å². The van der Waals surface area contributed by atoms with Gasteiger partial charge in [0, 0.05) is 32.6 Å². The molecule has 0 aliphatic carbocycles. The number of fused-ring (bicyclic) bond motifs is 6. The third-order valence-electron chi connectivity index (χ3n) is 15.0. The molecule has 2 bridgehead atoms. The first-order valence-electron chi connectivity index (χ1n) is 24.5. The Hall–Kier alpha value is -5.68. The molecule has 71 heavy (non-hydrogen) atoms. The Labute approximate surface area is 415 Å². The van der Waals surface area contributed by atoms with Crippen molar-refractivity contribution in [1.29, 1.82) is 0 Å². The van der Waals surface area contributed by atoms with E-state index in [9.17, 15) is 9.18 Å². The Morgan fingerprint density at radius 2 is 1.58 bits per heavy atom. The van der Waals surface area contributed by atoms with E-state index < -0.39 is 52.2 Å². The third kappa shape index (κ3) is 9.25. The van der Waals surface area contributed by atoms with Gasteiger partial charge in [0.1, 0.15) is 47.0 Å². The van der Waals surface area contributed by atoms with Crippen LogP contribution in [0.5, 0.6) is 17.5 Å². The van der Waals surface area contributed by atoms with Crippen LogP contribution in [0.15, 0.2) is 54.6 Å². The number of carbonyl (C=O) groups excluding carboxylic acids is 1. The second-order valence-corrected chi connectivity index (χ2v) is 21.1. The normalized spacial score (nSPS) is 23.0. The van der Waals surface area contributed by atoms with Gasteiger partial charge in [0.25, 0.3) is 0 Å². The number of hydrogen-bond donors (Lipinski definition) is 0. The minimum Gasteiger partial charge on any atom is -0.497 e. The van der Waals surface area contributed by atoms with Gasteiger partial charge in [-0.15, -0.1) is 0 Å². The molecule has 4 fully saturated rings. The fourth-order valence-electron chi connectivity index (χ4n) is 11.9. The molecule has 7 heterocycles. The number of nitrogens with zero attached hydrogens (tertiary/aromatic N) is 7. The number of aryl methyl sites for hydroxylation is 2. The highest BCUT2D eigenvalue weighted by atomic mass is 35.5. The highest BCUT2D eigenvalue weighted by Crippen LogP contribution is 2.50. The smallest absolute Gasteiger partial charge is 0.418 e. The molecule has 0 radical (unpaired) electrons. The summed E-state index contributed by atoms with van der Waals surface area (Å²) in [7, 11) is 3.12. The molecule has 12 nitrogen and oxygen atoms in total. The lowest BCUT2D eigenvalue weighted by Crippen LogP contribution is -2.62. The van der Waals surface area contributed by atoms with Crippen molar-refractivity contribution >= 4 is 40.2 Å². The topological polar surface area (TPSA) is 106 Å². The molecule has 4 saturated heterocycles. The number of amides is 1. The van der Waals surface area contributed by atoms with Crippen molar-refractivity contribution in [3.05, 3.63) is 93.3 Å². The lowest BCUT2D eigenvalue weighted by molar-refractivity contribution is -0.137. The van der Waals surface area contributed by atoms with Crippen LogP contribution in [0, 0.1) is 12.7 Å². The number of halogens is 6. The monoisotopic (exact) mass is 1000 g/mol. The number of aromatic nitrogens is 3. The molecule has 0 saturated carbocycles. The highest BCUT2D eigenvalue weighted by Gasteiger charge is 2.52. The summed E-state index contributed by atoms with van der Waals surface area (Å²) >= 11 is 7.41. The molecule has 5 aliphatic heterocycles. The molecule has 378 valence electrons. The van der Waals surface area contributed by atoms with E-state index in [2.05, 4.69) is 9.80 Å². The average molecular weight is 1000 g/mol. The fourth-order valence-corrected chi connectivity index (χ4v) is 12.3. The molecule has 5 aliphatic rings. The van der Waals surface area contributed by atoms with Crippen molar-refractivity contribution in [2.45, 2.75) is 134 Å². The fraction of sp³-hybridized carbons (Fsp3) is 0.509. The van der Waals surface area contributed by atoms with Gasteiger partial charge >= 0.3 is 18.3 Å². The molecular weight excluding hydrogens is 945 g/mol. The molecule has 0 unspecified atom stereocenters. The van der Waals surface area contributed by atoms with Gasteiger partial charge in [0.05, 0.1) is 65.1 Å². The van der Waals surface area contributed by atoms with Crippen LogP contribution in [0.3, 0.4) is 0 Å². The molecule has 1 amide bonds. The highest BCUT2D eigenvalue weighted by molar-refractivity contribution is 6.35. The molecular formula is C53H59ClF5N7O5. The Balaban J connectivity index is 1.14. The average Bonchev–Trinajstić information content (AvgIpc) is 3.96. The molecule has 5 atom stereocenters. The van der Waals surface area contributed by atoms with Crippen molar-refractivity contribution in [2.75, 3.05) is 50.3 Å². The van der Waals surface area contributed by atoms with Crippen LogP contribution >= 0.6 is 11.6 Å². The minimum absolute atomic E-state index is 0.0354. The number of pyridine rings is 1. The second-order valence-electron chi connectivity index (χ2n) is 20.8. The zero-order valence-corrected chi connectivity index (χ0v) is 41.6. The summed E-state index contributed by atoms with van der Waals surface area (Å²) < 4.78 is 103. The van der Waals surface area contributed by atoms with Gasteiger partial charge in [0.2, 0.25) is 0 Å². The zero-order chi connectivity index (χ0) is 50.1. The van der Waals surface area contributed by atoms with E-state index in [-0.39, 0.29) is 90.5 Å². The Bertz CT molecular complexity index is 2780. The van der Waals surface area contributed by atoms with Crippen LogP contribution in [0.4, 0.5) is 38.4 Å². The van der Waals surface area contributed by atoms with Gasteiger partial charge in [-0.25, -0.2) is 18.6 Å². The quantitative estimate of drug-likeness (QED) is 0.118. The largest absolute Gasteiger partial charge is 0.497 e. The number of carbonyl (C=O) groups is 1. The van der Waals surface area contributed by atoms with Gasteiger partial charge in [-0.3, -0.25) is 9.80 Å². The lowest BCUT2D eigenvalue weighted by Gasteiger charge is -2.48. The van der Waals surface area contributed by atoms with Gasteiger partial charge < -0.3 is 28.7 Å². The summed E-state index contributed by atoms with van der Waals surface area (Å²) in [5.41, 5.74) is -2.06. The summed E-state index contributed by atoms with van der Waals surface area (Å²) in [4.78, 5) is 36.2. The minimum atomic E-state index is -4.98. The maximum atomic E-state index is 18.3. The summed E-state index contributed by atoms with van der Waals surface area (Å²) in [6.45, 7) is 8.63. The van der Waals surface area contributed by atoms with Gasteiger partial charge in [-0.05, 0) is 132 Å². The van der Waals surface area contributed by atoms with Gasteiger partial charge in [-0.2, -0.15) is 23.1 Å². The number of hydrogen-bond acceptors (Lipinski definition) is 11. The molecule has 18 heteroatoms. The molecule has 2 aromatic heterocycles. The van der Waals surface area contributed by atoms with E-state index >= 15 is 17.6 Å². The van der Waals surface area contributed by atoms with E-state index in [0.29, 0.717) is 68.1 Å². The van der Waals surface area contributed by atoms with Crippen LogP contribution in [0.25, 0.3) is 22.2 Å². The maximum absolute atomic E-state index is 18.3. The van der Waals surface area contributed by atoms with E-state index in [0.717, 1.165) is 17.5 Å². The van der Waals surface area contributed by atoms with Crippen molar-refractivity contribution < 1.29 is 45.7 Å². The van der Waals surface area contributed by atoms with Crippen molar-refractivity contribution in [1.82, 2.24) is 24.8 Å². The van der Waals surface area contributed by atoms with Crippen LogP contribution in [-0.2, 0) is 30.4 Å². The molecule has 3 aromatic carbocycles. The third-order valence-corrected chi connectivity index (χ3v) is 15.4. The molecule has 5 aromatic rings. The SMILES string of the molecule is COc1ccc(CN(Cc2ccc(OC)cc2)c2cc(C)c(C(F)(F)F)c(-c3c(Cl)c4c5c(nc(OC[C@@]67CCCN6C[C@H](F)C7)nc5c3F)N3C[C@H]5CC[C@@H]([C@H]3CCC4)N5C(=O)OC(C)(C)C)n2)cc1. The van der Waals surface area contributed by atoms with Crippen LogP contribution in [0.1, 0.15) is 93.5 Å². The Morgan fingerprint density at radius 3 is 2.21 bits per heavy atom. The van der Waals surface area contributed by atoms with E-state index in [4.69, 9.17) is 45.5 Å². The summed E-state index contributed by atoms with van der Waals surface area (Å²) in [5, 5.41) is 0.0556. The number of anilines is 2.